The molecule has 0 N–H and O–H groups in total. The first-order valence-corrected chi connectivity index (χ1v) is 14.9. The second-order valence-electron chi connectivity index (χ2n) is 9.15. The molecule has 0 aliphatic heterocycles. The fourth-order valence-electron chi connectivity index (χ4n) is 4.36. The maximum absolute atomic E-state index is 13.7. The molecule has 2 aromatic heterocycles. The van der Waals surface area contributed by atoms with Crippen LogP contribution in [0.25, 0.3) is 33.5 Å². The van der Waals surface area contributed by atoms with Gasteiger partial charge in [-0.05, 0) is 92.0 Å². The zero-order chi connectivity index (χ0) is 29.4. The summed E-state index contributed by atoms with van der Waals surface area (Å²) < 4.78 is 34.3. The lowest BCUT2D eigenvalue weighted by Gasteiger charge is -2.15. The van der Waals surface area contributed by atoms with E-state index in [-0.39, 0.29) is 23.8 Å². The van der Waals surface area contributed by atoms with Crippen LogP contribution in [0.1, 0.15) is 11.1 Å². The van der Waals surface area contributed by atoms with Gasteiger partial charge in [-0.15, -0.1) is 0 Å². The third-order valence-corrected chi connectivity index (χ3v) is 9.07. The van der Waals surface area contributed by atoms with Gasteiger partial charge in [0, 0.05) is 19.9 Å². The summed E-state index contributed by atoms with van der Waals surface area (Å²) in [6, 6.07) is 22.3. The molecule has 0 radical (unpaired) electrons. The van der Waals surface area contributed by atoms with Gasteiger partial charge in [0.25, 0.3) is 5.56 Å². The van der Waals surface area contributed by atoms with E-state index < -0.39 is 0 Å². The number of methoxy groups -OCH3 is 1. The molecule has 0 spiro atoms. The van der Waals surface area contributed by atoms with Gasteiger partial charge in [-0.25, -0.2) is 9.37 Å². The van der Waals surface area contributed by atoms with Crippen LogP contribution >= 0.6 is 47.8 Å². The van der Waals surface area contributed by atoms with Crippen molar-refractivity contribution in [2.24, 2.45) is 5.10 Å². The summed E-state index contributed by atoms with van der Waals surface area (Å²) >= 11 is 10.7. The van der Waals surface area contributed by atoms with Gasteiger partial charge in [0.05, 0.1) is 28.7 Å². The molecule has 4 aromatic carbocycles. The first-order chi connectivity index (χ1) is 20.3. The van der Waals surface area contributed by atoms with E-state index in [4.69, 9.17) is 18.9 Å². The van der Waals surface area contributed by atoms with Crippen LogP contribution in [0.4, 0.5) is 4.39 Å². The van der Waals surface area contributed by atoms with Crippen LogP contribution in [0.5, 0.6) is 11.5 Å². The van der Waals surface area contributed by atoms with E-state index >= 15 is 0 Å². The number of rotatable bonds is 7. The Bertz CT molecular complexity index is 2060. The van der Waals surface area contributed by atoms with Crippen LogP contribution < -0.4 is 15.0 Å². The lowest BCUT2D eigenvalue weighted by Crippen LogP contribution is -2.20. The highest BCUT2D eigenvalue weighted by Crippen LogP contribution is 2.42. The SMILES string of the molecule is COc1cc(C=Nn2c(-c3cc4cc(Br)ccc4o3)nc3ccccc3c2=O)c(Br)c(Br)c1OCc1ccc(F)cc1. The second-order valence-corrected chi connectivity index (χ2v) is 11.6. The minimum Gasteiger partial charge on any atom is -0.493 e. The molecule has 2 heterocycles. The van der Waals surface area contributed by atoms with Gasteiger partial charge in [0.2, 0.25) is 5.82 Å². The van der Waals surface area contributed by atoms with Gasteiger partial charge in [0.15, 0.2) is 17.3 Å². The van der Waals surface area contributed by atoms with E-state index in [0.29, 0.717) is 48.3 Å². The monoisotopic (exact) mass is 753 g/mol. The first kappa shape index (κ1) is 28.3. The Morgan fingerprint density at radius 1 is 1.00 bits per heavy atom. The summed E-state index contributed by atoms with van der Waals surface area (Å²) in [4.78, 5) is 18.4. The van der Waals surface area contributed by atoms with Gasteiger partial charge < -0.3 is 13.9 Å². The number of furan rings is 1. The number of hydrogen-bond acceptors (Lipinski definition) is 6. The topological polar surface area (TPSA) is 78.9 Å². The number of halogens is 4. The fraction of sp³-hybridized carbons (Fsp3) is 0.0645. The second kappa shape index (κ2) is 11.8. The normalized spacial score (nSPS) is 11.5. The lowest BCUT2D eigenvalue weighted by molar-refractivity contribution is 0.282. The van der Waals surface area contributed by atoms with Crippen LogP contribution in [0, 0.1) is 5.82 Å². The van der Waals surface area contributed by atoms with Crippen molar-refractivity contribution in [2.45, 2.75) is 6.61 Å². The standard InChI is InChI=1S/C31H19Br3FN3O4/c1-40-25-14-19(27(33)28(34)29(25)41-16-17-6-9-21(35)10-7-17)15-36-38-30(37-23-5-3-2-4-22(23)31(38)39)26-13-18-12-20(32)8-11-24(18)42-26/h2-15H,16H2,1H3. The summed E-state index contributed by atoms with van der Waals surface area (Å²) in [5.74, 6) is 1.21. The maximum atomic E-state index is 13.7. The fourth-order valence-corrected chi connectivity index (χ4v) is 5.67. The van der Waals surface area contributed by atoms with E-state index in [1.165, 1.54) is 30.1 Å². The predicted molar refractivity (Wildman–Crippen MR) is 171 cm³/mol. The minimum absolute atomic E-state index is 0.199. The third kappa shape index (κ3) is 5.51. The zero-order valence-electron chi connectivity index (χ0n) is 21.8. The molecule has 0 saturated carbocycles. The van der Waals surface area contributed by atoms with E-state index in [0.717, 1.165) is 15.4 Å². The molecule has 0 fully saturated rings. The molecular weight excluding hydrogens is 737 g/mol. The lowest BCUT2D eigenvalue weighted by atomic mass is 10.2. The Morgan fingerprint density at radius 2 is 1.79 bits per heavy atom. The summed E-state index contributed by atoms with van der Waals surface area (Å²) in [6.07, 6.45) is 1.53. The van der Waals surface area contributed by atoms with Crippen molar-refractivity contribution in [2.75, 3.05) is 7.11 Å². The van der Waals surface area contributed by atoms with Crippen molar-refractivity contribution in [3.63, 3.8) is 0 Å². The molecule has 7 nitrogen and oxygen atoms in total. The molecule has 0 aliphatic carbocycles. The van der Waals surface area contributed by atoms with Crippen molar-refractivity contribution in [1.29, 1.82) is 0 Å². The molecule has 0 aliphatic rings. The Morgan fingerprint density at radius 3 is 2.57 bits per heavy atom. The molecule has 0 atom stereocenters. The largest absolute Gasteiger partial charge is 0.493 e. The Labute approximate surface area is 264 Å². The average Bonchev–Trinajstić information content (AvgIpc) is 3.42. The first-order valence-electron chi connectivity index (χ1n) is 12.5. The van der Waals surface area contributed by atoms with Gasteiger partial charge in [-0.3, -0.25) is 4.79 Å². The highest BCUT2D eigenvalue weighted by atomic mass is 79.9. The maximum Gasteiger partial charge on any atom is 0.282 e. The van der Waals surface area contributed by atoms with Crippen molar-refractivity contribution >= 4 is 75.9 Å². The van der Waals surface area contributed by atoms with Crippen molar-refractivity contribution in [1.82, 2.24) is 9.66 Å². The molecule has 6 aromatic rings. The van der Waals surface area contributed by atoms with Crippen molar-refractivity contribution < 1.29 is 18.3 Å². The van der Waals surface area contributed by atoms with Gasteiger partial charge in [-0.2, -0.15) is 9.78 Å². The Balaban J connectivity index is 1.42. The van der Waals surface area contributed by atoms with Gasteiger partial charge in [-0.1, -0.05) is 40.2 Å². The third-order valence-electron chi connectivity index (χ3n) is 6.44. The molecule has 11 heteroatoms. The number of benzene rings is 4. The van der Waals surface area contributed by atoms with E-state index in [9.17, 15) is 9.18 Å². The van der Waals surface area contributed by atoms with Crippen LogP contribution in [0.2, 0.25) is 0 Å². The molecule has 42 heavy (non-hydrogen) atoms. The van der Waals surface area contributed by atoms with Crippen LogP contribution in [0.15, 0.2) is 107 Å². The molecule has 0 bridgehead atoms. The van der Waals surface area contributed by atoms with E-state index in [2.05, 4.69) is 52.9 Å². The zero-order valence-corrected chi connectivity index (χ0v) is 26.5. The molecular formula is C31H19Br3FN3O4. The number of fused-ring (bicyclic) bond motifs is 2. The molecule has 210 valence electrons. The van der Waals surface area contributed by atoms with Crippen LogP contribution in [0.3, 0.4) is 0 Å². The summed E-state index contributed by atoms with van der Waals surface area (Å²) in [7, 11) is 1.52. The highest BCUT2D eigenvalue weighted by molar-refractivity contribution is 9.13. The predicted octanol–water partition coefficient (Wildman–Crippen LogP) is 8.71. The number of para-hydroxylation sites is 1. The van der Waals surface area contributed by atoms with Crippen LogP contribution in [-0.2, 0) is 6.61 Å². The van der Waals surface area contributed by atoms with Crippen molar-refractivity contribution in [3.8, 4) is 23.1 Å². The summed E-state index contributed by atoms with van der Waals surface area (Å²) in [5.41, 5.74) is 2.22. The number of nitrogens with zero attached hydrogens (tertiary/aromatic N) is 3. The number of ether oxygens (including phenoxy) is 2. The molecule has 6 rings (SSSR count). The summed E-state index contributed by atoms with van der Waals surface area (Å²) in [5, 5.41) is 5.83. The molecule has 0 unspecified atom stereocenters. The van der Waals surface area contributed by atoms with Gasteiger partial charge >= 0.3 is 0 Å². The smallest absolute Gasteiger partial charge is 0.282 e. The average molecular weight is 756 g/mol. The van der Waals surface area contributed by atoms with Crippen molar-refractivity contribution in [3.05, 3.63) is 120 Å². The van der Waals surface area contributed by atoms with Gasteiger partial charge in [0.1, 0.15) is 18.0 Å². The number of hydrogen-bond donors (Lipinski definition) is 0. The van der Waals surface area contributed by atoms with E-state index in [1.54, 1.807) is 36.4 Å². The molecule has 0 amide bonds. The number of aromatic nitrogens is 2. The molecule has 0 saturated heterocycles. The Kier molecular flexibility index (Phi) is 7.98. The Hall–Kier alpha value is -3.80. The van der Waals surface area contributed by atoms with Crippen LogP contribution in [-0.4, -0.2) is 23.0 Å². The minimum atomic E-state index is -0.352. The highest BCUT2D eigenvalue weighted by Gasteiger charge is 2.19. The van der Waals surface area contributed by atoms with E-state index in [1.807, 2.05) is 30.3 Å². The summed E-state index contributed by atoms with van der Waals surface area (Å²) in [6.45, 7) is 0.199. The quantitative estimate of drug-likeness (QED) is 0.152.